The third kappa shape index (κ3) is 3.81. The molecule has 3 rings (SSSR count). The number of likely N-dealkylation sites (tertiary alicyclic amines) is 1. The van der Waals surface area contributed by atoms with E-state index < -0.39 is 0 Å². The highest BCUT2D eigenvalue weighted by Crippen LogP contribution is 2.39. The van der Waals surface area contributed by atoms with Gasteiger partial charge in [0.15, 0.2) is 0 Å². The first-order chi connectivity index (χ1) is 13.3. The SMILES string of the molecule is C=C(c1ccc(OC(C)C)c(C)c1)N1CCC(OC)(c2cnn(C)c2C)CC1. The number of aromatic nitrogens is 2. The summed E-state index contributed by atoms with van der Waals surface area (Å²) in [4.78, 5) is 2.36. The lowest BCUT2D eigenvalue weighted by molar-refractivity contribution is -0.0544. The molecule has 1 fully saturated rings. The molecular weight excluding hydrogens is 350 g/mol. The van der Waals surface area contributed by atoms with Crippen molar-refractivity contribution < 1.29 is 9.47 Å². The van der Waals surface area contributed by atoms with E-state index in [1.165, 1.54) is 11.3 Å². The number of hydrogen-bond donors (Lipinski definition) is 0. The number of rotatable bonds is 6. The van der Waals surface area contributed by atoms with Gasteiger partial charge in [-0.25, -0.2) is 0 Å². The first-order valence-corrected chi connectivity index (χ1v) is 10.0. The summed E-state index contributed by atoms with van der Waals surface area (Å²) in [5.74, 6) is 0.940. The van der Waals surface area contributed by atoms with Crippen LogP contribution in [-0.2, 0) is 17.4 Å². The average Bonchev–Trinajstić information content (AvgIpc) is 3.02. The standard InChI is InChI=1S/C23H33N3O2/c1-16(2)28-22-9-8-20(14-17(22)3)18(4)26-12-10-23(27-7,11-13-26)21-15-24-25(6)19(21)5/h8-9,14-16H,4,10-13H2,1-3,5-7H3. The number of aryl methyl sites for hydroxylation is 2. The van der Waals surface area contributed by atoms with Crippen LogP contribution in [0, 0.1) is 13.8 Å². The number of hydrogen-bond acceptors (Lipinski definition) is 4. The summed E-state index contributed by atoms with van der Waals surface area (Å²) in [6.45, 7) is 14.5. The molecule has 0 amide bonds. The van der Waals surface area contributed by atoms with Crippen molar-refractivity contribution in [2.75, 3.05) is 20.2 Å². The van der Waals surface area contributed by atoms with Crippen molar-refractivity contribution in [1.29, 1.82) is 0 Å². The van der Waals surface area contributed by atoms with Gasteiger partial charge in [-0.2, -0.15) is 5.10 Å². The van der Waals surface area contributed by atoms with E-state index in [2.05, 4.69) is 48.6 Å². The highest BCUT2D eigenvalue weighted by molar-refractivity contribution is 5.64. The van der Waals surface area contributed by atoms with E-state index in [1.54, 1.807) is 0 Å². The summed E-state index contributed by atoms with van der Waals surface area (Å²) in [5, 5.41) is 4.42. The van der Waals surface area contributed by atoms with Crippen molar-refractivity contribution in [3.8, 4) is 5.75 Å². The second-order valence-corrected chi connectivity index (χ2v) is 8.05. The first-order valence-electron chi connectivity index (χ1n) is 10.0. The van der Waals surface area contributed by atoms with Crippen LogP contribution in [0.25, 0.3) is 5.70 Å². The molecule has 0 radical (unpaired) electrons. The molecule has 2 heterocycles. The minimum Gasteiger partial charge on any atom is -0.491 e. The van der Waals surface area contributed by atoms with Gasteiger partial charge in [0.2, 0.25) is 0 Å². The Morgan fingerprint density at radius 3 is 2.39 bits per heavy atom. The molecule has 152 valence electrons. The monoisotopic (exact) mass is 383 g/mol. The summed E-state index contributed by atoms with van der Waals surface area (Å²) in [7, 11) is 3.79. The Balaban J connectivity index is 1.73. The molecule has 0 saturated carbocycles. The van der Waals surface area contributed by atoms with E-state index in [-0.39, 0.29) is 11.7 Å². The Morgan fingerprint density at radius 1 is 1.21 bits per heavy atom. The Labute approximate surface area is 168 Å². The van der Waals surface area contributed by atoms with Gasteiger partial charge in [-0.1, -0.05) is 6.58 Å². The molecule has 28 heavy (non-hydrogen) atoms. The summed E-state index contributed by atoms with van der Waals surface area (Å²) in [5.41, 5.74) is 5.46. The lowest BCUT2D eigenvalue weighted by atomic mass is 9.84. The zero-order chi connectivity index (χ0) is 20.5. The maximum absolute atomic E-state index is 6.04. The predicted octanol–water partition coefficient (Wildman–Crippen LogP) is 4.43. The maximum atomic E-state index is 6.04. The molecule has 2 aromatic rings. The number of ether oxygens (including phenoxy) is 2. The number of benzene rings is 1. The van der Waals surface area contributed by atoms with E-state index in [0.29, 0.717) is 0 Å². The number of methoxy groups -OCH3 is 1. The number of piperidine rings is 1. The van der Waals surface area contributed by atoms with Crippen LogP contribution >= 0.6 is 0 Å². The van der Waals surface area contributed by atoms with E-state index in [9.17, 15) is 0 Å². The van der Waals surface area contributed by atoms with E-state index in [4.69, 9.17) is 9.47 Å². The van der Waals surface area contributed by atoms with Crippen molar-refractivity contribution in [3.05, 3.63) is 53.4 Å². The van der Waals surface area contributed by atoms with Gasteiger partial charge in [0.25, 0.3) is 0 Å². The average molecular weight is 384 g/mol. The van der Waals surface area contributed by atoms with Crippen molar-refractivity contribution >= 4 is 5.70 Å². The molecule has 0 unspecified atom stereocenters. The Bertz CT molecular complexity index is 846. The molecule has 0 N–H and O–H groups in total. The lowest BCUT2D eigenvalue weighted by Gasteiger charge is -2.42. The summed E-state index contributed by atoms with van der Waals surface area (Å²) in [6.07, 6.45) is 3.97. The molecule has 0 bridgehead atoms. The molecule has 1 saturated heterocycles. The van der Waals surface area contributed by atoms with Gasteiger partial charge in [0, 0.05) is 44.2 Å². The second-order valence-electron chi connectivity index (χ2n) is 8.05. The lowest BCUT2D eigenvalue weighted by Crippen LogP contribution is -2.43. The first kappa shape index (κ1) is 20.5. The molecule has 0 atom stereocenters. The van der Waals surface area contributed by atoms with Crippen LogP contribution in [0.15, 0.2) is 31.0 Å². The zero-order valence-electron chi connectivity index (χ0n) is 18.1. The molecular formula is C23H33N3O2. The van der Waals surface area contributed by atoms with Crippen molar-refractivity contribution in [2.24, 2.45) is 7.05 Å². The van der Waals surface area contributed by atoms with Gasteiger partial charge < -0.3 is 14.4 Å². The van der Waals surface area contributed by atoms with Crippen LogP contribution in [0.5, 0.6) is 5.75 Å². The van der Waals surface area contributed by atoms with Gasteiger partial charge in [0.1, 0.15) is 5.75 Å². The molecule has 5 heteroatoms. The smallest absolute Gasteiger partial charge is 0.122 e. The van der Waals surface area contributed by atoms with E-state index in [0.717, 1.165) is 48.5 Å². The molecule has 0 spiro atoms. The molecule has 5 nitrogen and oxygen atoms in total. The van der Waals surface area contributed by atoms with Crippen molar-refractivity contribution in [1.82, 2.24) is 14.7 Å². The quantitative estimate of drug-likeness (QED) is 0.740. The van der Waals surface area contributed by atoms with Crippen LogP contribution < -0.4 is 4.74 Å². The van der Waals surface area contributed by atoms with Gasteiger partial charge in [-0.3, -0.25) is 4.68 Å². The van der Waals surface area contributed by atoms with Gasteiger partial charge in [0.05, 0.1) is 17.9 Å². The summed E-state index contributed by atoms with van der Waals surface area (Å²) >= 11 is 0. The fourth-order valence-electron chi connectivity index (χ4n) is 4.06. The molecule has 1 aromatic carbocycles. The highest BCUT2D eigenvalue weighted by atomic mass is 16.5. The van der Waals surface area contributed by atoms with E-state index >= 15 is 0 Å². The fourth-order valence-corrected chi connectivity index (χ4v) is 4.06. The maximum Gasteiger partial charge on any atom is 0.122 e. The largest absolute Gasteiger partial charge is 0.491 e. The minimum absolute atomic E-state index is 0.174. The van der Waals surface area contributed by atoms with Crippen molar-refractivity contribution in [2.45, 2.75) is 52.2 Å². The summed E-state index contributed by atoms with van der Waals surface area (Å²) in [6, 6.07) is 6.33. The fraction of sp³-hybridized carbons (Fsp3) is 0.522. The Morgan fingerprint density at radius 2 is 1.89 bits per heavy atom. The third-order valence-electron chi connectivity index (χ3n) is 5.94. The topological polar surface area (TPSA) is 39.5 Å². The molecule has 0 aliphatic carbocycles. The summed E-state index contributed by atoms with van der Waals surface area (Å²) < 4.78 is 13.8. The second kappa shape index (κ2) is 8.00. The van der Waals surface area contributed by atoms with Crippen LogP contribution in [0.2, 0.25) is 0 Å². The van der Waals surface area contributed by atoms with Crippen LogP contribution in [0.1, 0.15) is 49.1 Å². The zero-order valence-corrected chi connectivity index (χ0v) is 18.1. The molecule has 1 aliphatic heterocycles. The minimum atomic E-state index is -0.264. The van der Waals surface area contributed by atoms with Gasteiger partial charge >= 0.3 is 0 Å². The predicted molar refractivity (Wildman–Crippen MR) is 113 cm³/mol. The van der Waals surface area contributed by atoms with Crippen molar-refractivity contribution in [3.63, 3.8) is 0 Å². The van der Waals surface area contributed by atoms with Gasteiger partial charge in [-0.15, -0.1) is 0 Å². The Hall–Kier alpha value is -2.27. The molecule has 1 aromatic heterocycles. The highest BCUT2D eigenvalue weighted by Gasteiger charge is 2.39. The van der Waals surface area contributed by atoms with E-state index in [1.807, 2.05) is 38.9 Å². The normalized spacial score (nSPS) is 16.5. The van der Waals surface area contributed by atoms with Crippen LogP contribution in [0.3, 0.4) is 0 Å². The Kier molecular flexibility index (Phi) is 5.84. The number of nitrogens with zero attached hydrogens (tertiary/aromatic N) is 3. The van der Waals surface area contributed by atoms with Gasteiger partial charge in [-0.05, 0) is 69.9 Å². The third-order valence-corrected chi connectivity index (χ3v) is 5.94. The van der Waals surface area contributed by atoms with Crippen LogP contribution in [-0.4, -0.2) is 41.0 Å². The molecule has 1 aliphatic rings. The van der Waals surface area contributed by atoms with Crippen LogP contribution in [0.4, 0.5) is 0 Å².